The Morgan fingerprint density at radius 3 is 2.37 bits per heavy atom. The van der Waals surface area contributed by atoms with Crippen molar-refractivity contribution in [3.63, 3.8) is 0 Å². The first-order valence-electron chi connectivity index (χ1n) is 6.30. The smallest absolute Gasteiger partial charge is 0.240 e. The van der Waals surface area contributed by atoms with Gasteiger partial charge in [-0.3, -0.25) is 9.59 Å². The Hall–Kier alpha value is -2.04. The molecule has 0 radical (unpaired) electrons. The molecule has 0 saturated heterocycles. The van der Waals surface area contributed by atoms with E-state index in [-0.39, 0.29) is 24.0 Å². The first-order valence-corrected chi connectivity index (χ1v) is 6.30. The normalized spacial score (nSPS) is 13.6. The third-order valence-electron chi connectivity index (χ3n) is 3.14. The van der Waals surface area contributed by atoms with E-state index >= 15 is 0 Å². The van der Waals surface area contributed by atoms with Gasteiger partial charge in [0, 0.05) is 0 Å². The zero-order chi connectivity index (χ0) is 14.4. The molecule has 5 nitrogen and oxygen atoms in total. The van der Waals surface area contributed by atoms with Crippen LogP contribution in [-0.4, -0.2) is 23.0 Å². The van der Waals surface area contributed by atoms with Gasteiger partial charge in [0.25, 0.3) is 0 Å². The van der Waals surface area contributed by atoms with Crippen LogP contribution in [0.25, 0.3) is 0 Å². The van der Waals surface area contributed by atoms with Crippen molar-refractivity contribution < 1.29 is 14.7 Å². The topological polar surface area (TPSA) is 92.4 Å². The first-order chi connectivity index (χ1) is 8.93. The second-order valence-corrected chi connectivity index (χ2v) is 4.68. The van der Waals surface area contributed by atoms with E-state index in [1.807, 2.05) is 13.8 Å². The van der Waals surface area contributed by atoms with E-state index in [9.17, 15) is 9.59 Å². The van der Waals surface area contributed by atoms with Gasteiger partial charge in [0.15, 0.2) is 0 Å². The number of rotatable bonds is 6. The average Bonchev–Trinajstić information content (AvgIpc) is 2.37. The molecule has 2 atom stereocenters. The predicted octanol–water partition coefficient (Wildman–Crippen LogP) is 0.951. The number of aromatic hydroxyl groups is 1. The lowest BCUT2D eigenvalue weighted by Gasteiger charge is -2.21. The molecule has 0 aromatic heterocycles. The number of primary amides is 1. The van der Waals surface area contributed by atoms with Crippen LogP contribution in [0, 0.1) is 5.92 Å². The van der Waals surface area contributed by atoms with Crippen LogP contribution in [0.5, 0.6) is 5.75 Å². The first kappa shape index (κ1) is 15.0. The van der Waals surface area contributed by atoms with E-state index < -0.39 is 11.9 Å². The van der Waals surface area contributed by atoms with Gasteiger partial charge < -0.3 is 16.2 Å². The van der Waals surface area contributed by atoms with E-state index in [1.165, 1.54) is 12.1 Å². The second-order valence-electron chi connectivity index (χ2n) is 4.68. The molecule has 0 heterocycles. The maximum atomic E-state index is 11.9. The zero-order valence-corrected chi connectivity index (χ0v) is 11.2. The van der Waals surface area contributed by atoms with Crippen molar-refractivity contribution in [2.24, 2.45) is 11.7 Å². The molecule has 0 fully saturated rings. The summed E-state index contributed by atoms with van der Waals surface area (Å²) in [4.78, 5) is 23.2. The molecular weight excluding hydrogens is 244 g/mol. The highest BCUT2D eigenvalue weighted by Gasteiger charge is 2.23. The van der Waals surface area contributed by atoms with E-state index in [4.69, 9.17) is 10.8 Å². The van der Waals surface area contributed by atoms with Gasteiger partial charge in [-0.2, -0.15) is 0 Å². The largest absolute Gasteiger partial charge is 0.508 e. The Labute approximate surface area is 112 Å². The minimum atomic E-state index is -0.644. The van der Waals surface area contributed by atoms with Crippen molar-refractivity contribution in [1.82, 2.24) is 5.32 Å². The number of hydrogen-bond acceptors (Lipinski definition) is 3. The Bertz CT molecular complexity index is 443. The number of hydrogen-bond donors (Lipinski definition) is 3. The molecule has 104 valence electrons. The highest BCUT2D eigenvalue weighted by atomic mass is 16.3. The number of carbonyl (C=O) groups is 2. The molecule has 0 aliphatic heterocycles. The van der Waals surface area contributed by atoms with Crippen molar-refractivity contribution in [3.8, 4) is 5.75 Å². The van der Waals surface area contributed by atoms with Gasteiger partial charge in [0.2, 0.25) is 11.8 Å². The molecule has 4 N–H and O–H groups in total. The molecule has 0 aliphatic rings. The van der Waals surface area contributed by atoms with Crippen molar-refractivity contribution in [2.75, 3.05) is 0 Å². The number of benzene rings is 1. The molecule has 2 unspecified atom stereocenters. The van der Waals surface area contributed by atoms with Crippen LogP contribution in [0.1, 0.15) is 25.8 Å². The van der Waals surface area contributed by atoms with E-state index in [2.05, 4.69) is 5.32 Å². The minimum Gasteiger partial charge on any atom is -0.508 e. The highest BCUT2D eigenvalue weighted by Crippen LogP contribution is 2.11. The van der Waals surface area contributed by atoms with Gasteiger partial charge in [-0.1, -0.05) is 32.4 Å². The summed E-state index contributed by atoms with van der Waals surface area (Å²) in [5.74, 6) is -0.622. The molecule has 0 saturated carbocycles. The van der Waals surface area contributed by atoms with Gasteiger partial charge >= 0.3 is 0 Å². The van der Waals surface area contributed by atoms with Crippen molar-refractivity contribution >= 4 is 11.8 Å². The fourth-order valence-corrected chi connectivity index (χ4v) is 1.75. The summed E-state index contributed by atoms with van der Waals surface area (Å²) in [7, 11) is 0. The van der Waals surface area contributed by atoms with Gasteiger partial charge in [-0.15, -0.1) is 0 Å². The number of nitrogens with two attached hydrogens (primary N) is 1. The number of nitrogens with one attached hydrogen (secondary N) is 1. The number of phenols is 1. The third-order valence-corrected chi connectivity index (χ3v) is 3.14. The van der Waals surface area contributed by atoms with Crippen molar-refractivity contribution in [2.45, 2.75) is 32.7 Å². The fourth-order valence-electron chi connectivity index (χ4n) is 1.75. The monoisotopic (exact) mass is 264 g/mol. The van der Waals surface area contributed by atoms with Gasteiger partial charge in [-0.05, 0) is 23.6 Å². The van der Waals surface area contributed by atoms with Crippen molar-refractivity contribution in [3.05, 3.63) is 29.8 Å². The standard InChI is InChI=1S/C14H20N2O3/c1-3-9(2)13(14(15)19)16-12(18)8-10-4-6-11(17)7-5-10/h4-7,9,13,17H,3,8H2,1-2H3,(H2,15,19)(H,16,18). The number of amides is 2. The van der Waals surface area contributed by atoms with E-state index in [1.54, 1.807) is 12.1 Å². The highest BCUT2D eigenvalue weighted by molar-refractivity contribution is 5.87. The summed E-state index contributed by atoms with van der Waals surface area (Å²) < 4.78 is 0. The van der Waals surface area contributed by atoms with Crippen LogP contribution in [-0.2, 0) is 16.0 Å². The molecule has 1 aromatic carbocycles. The second kappa shape index (κ2) is 6.78. The molecule has 5 heteroatoms. The quantitative estimate of drug-likeness (QED) is 0.714. The summed E-state index contributed by atoms with van der Waals surface area (Å²) >= 11 is 0. The summed E-state index contributed by atoms with van der Waals surface area (Å²) in [5.41, 5.74) is 6.05. The molecule has 1 aromatic rings. The predicted molar refractivity (Wildman–Crippen MR) is 72.4 cm³/mol. The SMILES string of the molecule is CCC(C)C(NC(=O)Cc1ccc(O)cc1)C(N)=O. The Morgan fingerprint density at radius 2 is 1.89 bits per heavy atom. The zero-order valence-electron chi connectivity index (χ0n) is 11.2. The molecule has 0 spiro atoms. The van der Waals surface area contributed by atoms with Crippen LogP contribution in [0.2, 0.25) is 0 Å². The van der Waals surface area contributed by atoms with Gasteiger partial charge in [0.1, 0.15) is 11.8 Å². The Kier molecular flexibility index (Phi) is 5.36. The molecule has 19 heavy (non-hydrogen) atoms. The lowest BCUT2D eigenvalue weighted by Crippen LogP contribution is -2.48. The third kappa shape index (κ3) is 4.62. The molecule has 2 amide bonds. The molecule has 1 rings (SSSR count). The van der Waals surface area contributed by atoms with Crippen LogP contribution < -0.4 is 11.1 Å². The Balaban J connectivity index is 2.62. The van der Waals surface area contributed by atoms with E-state index in [0.717, 1.165) is 12.0 Å². The number of phenolic OH excluding ortho intramolecular Hbond substituents is 1. The maximum Gasteiger partial charge on any atom is 0.240 e. The average molecular weight is 264 g/mol. The lowest BCUT2D eigenvalue weighted by atomic mass is 9.98. The lowest BCUT2D eigenvalue weighted by molar-refractivity contribution is -0.128. The Morgan fingerprint density at radius 1 is 1.32 bits per heavy atom. The summed E-state index contributed by atoms with van der Waals surface area (Å²) in [6.07, 6.45) is 0.910. The van der Waals surface area contributed by atoms with Crippen LogP contribution in [0.3, 0.4) is 0 Å². The molecular formula is C14H20N2O3. The number of carbonyl (C=O) groups excluding carboxylic acids is 2. The summed E-state index contributed by atoms with van der Waals surface area (Å²) in [5, 5.41) is 11.8. The van der Waals surface area contributed by atoms with Gasteiger partial charge in [-0.25, -0.2) is 0 Å². The van der Waals surface area contributed by atoms with Gasteiger partial charge in [0.05, 0.1) is 6.42 Å². The summed E-state index contributed by atoms with van der Waals surface area (Å²) in [6, 6.07) is 5.72. The maximum absolute atomic E-state index is 11.9. The van der Waals surface area contributed by atoms with Crippen LogP contribution >= 0.6 is 0 Å². The van der Waals surface area contributed by atoms with Crippen molar-refractivity contribution in [1.29, 1.82) is 0 Å². The molecule has 0 bridgehead atoms. The van der Waals surface area contributed by atoms with Crippen LogP contribution in [0.4, 0.5) is 0 Å². The summed E-state index contributed by atoms with van der Waals surface area (Å²) in [6.45, 7) is 3.81. The van der Waals surface area contributed by atoms with Crippen LogP contribution in [0.15, 0.2) is 24.3 Å². The van der Waals surface area contributed by atoms with E-state index in [0.29, 0.717) is 0 Å². The molecule has 0 aliphatic carbocycles. The minimum absolute atomic E-state index is 0.00117. The fraction of sp³-hybridized carbons (Fsp3) is 0.429.